The smallest absolute Gasteiger partial charge is 0.410 e. The first kappa shape index (κ1) is 25.8. The van der Waals surface area contributed by atoms with Crippen molar-refractivity contribution in [2.45, 2.75) is 42.5 Å². The Kier molecular flexibility index (Phi) is 7.47. The summed E-state index contributed by atoms with van der Waals surface area (Å²) < 4.78 is 19.4. The van der Waals surface area contributed by atoms with Gasteiger partial charge in [-0.15, -0.1) is 0 Å². The summed E-state index contributed by atoms with van der Waals surface area (Å²) >= 11 is 5.08. The lowest BCUT2D eigenvalue weighted by Gasteiger charge is -2.31. The lowest BCUT2D eigenvalue weighted by molar-refractivity contribution is -0.677. The molecule has 2 aliphatic heterocycles. The number of hydrogen-bond donors (Lipinski definition) is 2. The Morgan fingerprint density at radius 1 is 1.26 bits per heavy atom. The van der Waals surface area contributed by atoms with Crippen LogP contribution in [0.1, 0.15) is 24.8 Å². The monoisotopic (exact) mass is 611 g/mol. The average molecular weight is 613 g/mol. The number of carbonyl (C=O) groups excluding carboxylic acids is 1. The van der Waals surface area contributed by atoms with Gasteiger partial charge in [-0.25, -0.2) is 9.36 Å². The molecule has 2 aromatic carbocycles. The summed E-state index contributed by atoms with van der Waals surface area (Å²) in [4.78, 5) is 28.0. The number of piperidine rings is 1. The van der Waals surface area contributed by atoms with E-state index in [-0.39, 0.29) is 19.5 Å². The van der Waals surface area contributed by atoms with Gasteiger partial charge in [0.1, 0.15) is 6.61 Å². The molecule has 4 aromatic rings. The molecule has 0 spiro atoms. The largest absolute Gasteiger partial charge is 0.454 e. The fraction of sp³-hybridized carbons (Fsp3) is 0.333. The molecular weight excluding hydrogens is 584 g/mol. The van der Waals surface area contributed by atoms with E-state index >= 15 is 0 Å². The number of benzene rings is 2. The number of anilines is 1. The number of nitrogen functional groups attached to an aromatic ring is 1. The van der Waals surface area contributed by atoms with Gasteiger partial charge in [-0.05, 0) is 70.6 Å². The minimum atomic E-state index is -0.253. The molecule has 0 radical (unpaired) electrons. The Morgan fingerprint density at radius 2 is 2.08 bits per heavy atom. The summed E-state index contributed by atoms with van der Waals surface area (Å²) in [5, 5.41) is 0.697. The van der Waals surface area contributed by atoms with E-state index < -0.39 is 0 Å². The van der Waals surface area contributed by atoms with Gasteiger partial charge in [-0.2, -0.15) is 0 Å². The molecule has 0 bridgehead atoms. The summed E-state index contributed by atoms with van der Waals surface area (Å²) in [6, 6.07) is 13.6. The Hall–Kier alpha value is -3.51. The van der Waals surface area contributed by atoms with Crippen LogP contribution in [0.2, 0.25) is 0 Å². The van der Waals surface area contributed by atoms with Crippen LogP contribution in [-0.2, 0) is 17.9 Å². The van der Waals surface area contributed by atoms with Gasteiger partial charge in [-0.3, -0.25) is 0 Å². The summed E-state index contributed by atoms with van der Waals surface area (Å²) in [6.07, 6.45) is 4.39. The number of halogens is 1. The molecule has 1 unspecified atom stereocenters. The normalized spacial score (nSPS) is 16.5. The van der Waals surface area contributed by atoms with Gasteiger partial charge >= 0.3 is 6.09 Å². The quantitative estimate of drug-likeness (QED) is 0.283. The Bertz CT molecular complexity index is 1500. The zero-order valence-corrected chi connectivity index (χ0v) is 23.5. The second-order valence-electron chi connectivity index (χ2n) is 9.58. The number of ether oxygens (including phenoxy) is 3. The second-order valence-corrected chi connectivity index (χ2v) is 11.5. The summed E-state index contributed by atoms with van der Waals surface area (Å²) in [6.45, 7) is 2.62. The van der Waals surface area contributed by atoms with Crippen molar-refractivity contribution in [3.05, 3.63) is 58.8 Å². The van der Waals surface area contributed by atoms with E-state index in [1.54, 1.807) is 6.33 Å². The summed E-state index contributed by atoms with van der Waals surface area (Å²) in [5.74, 6) is 2.18. The first-order chi connectivity index (χ1) is 19.0. The zero-order chi connectivity index (χ0) is 26.8. The number of aromatic nitrogens is 4. The lowest BCUT2D eigenvalue weighted by atomic mass is 9.95. The van der Waals surface area contributed by atoms with Crippen molar-refractivity contribution in [1.29, 1.82) is 0 Å². The average Bonchev–Trinajstić information content (AvgIpc) is 3.59. The maximum Gasteiger partial charge on any atom is 0.410 e. The van der Waals surface area contributed by atoms with Crippen molar-refractivity contribution in [1.82, 2.24) is 19.9 Å². The number of H-pyrrole nitrogens is 1. The van der Waals surface area contributed by atoms with Crippen LogP contribution in [0.3, 0.4) is 0 Å². The Labute approximate surface area is 238 Å². The lowest BCUT2D eigenvalue weighted by Crippen LogP contribution is -2.42. The number of amides is 1. The highest BCUT2D eigenvalue weighted by Gasteiger charge is 2.26. The first-order valence-electron chi connectivity index (χ1n) is 12.8. The highest BCUT2D eigenvalue weighted by atomic mass is 79.9. The molecule has 1 fully saturated rings. The van der Waals surface area contributed by atoms with Crippen molar-refractivity contribution in [3.8, 4) is 11.5 Å². The predicted octanol–water partition coefficient (Wildman–Crippen LogP) is 4.91. The van der Waals surface area contributed by atoms with Gasteiger partial charge in [0.25, 0.3) is 5.65 Å². The number of nitrogens with one attached hydrogen (secondary N) is 1. The van der Waals surface area contributed by atoms with Gasteiger partial charge in [0.05, 0.1) is 6.54 Å². The van der Waals surface area contributed by atoms with Crippen molar-refractivity contribution in [2.75, 3.05) is 25.6 Å². The van der Waals surface area contributed by atoms with Crippen LogP contribution in [0.4, 0.5) is 10.6 Å². The van der Waals surface area contributed by atoms with E-state index in [0.29, 0.717) is 47.0 Å². The third-order valence-electron chi connectivity index (χ3n) is 6.92. The Morgan fingerprint density at radius 3 is 2.92 bits per heavy atom. The number of aromatic amines is 1. The maximum atomic E-state index is 12.7. The van der Waals surface area contributed by atoms with Crippen molar-refractivity contribution in [3.63, 3.8) is 0 Å². The van der Waals surface area contributed by atoms with E-state index in [1.807, 2.05) is 51.9 Å². The third kappa shape index (κ3) is 5.76. The van der Waals surface area contributed by atoms with Gasteiger partial charge in [0, 0.05) is 22.5 Å². The van der Waals surface area contributed by atoms with Crippen LogP contribution < -0.4 is 19.8 Å². The van der Waals surface area contributed by atoms with Crippen LogP contribution in [0.25, 0.3) is 11.2 Å². The highest BCUT2D eigenvalue weighted by Crippen LogP contribution is 2.42. The molecule has 3 N–H and O–H groups in total. The molecule has 6 rings (SSSR count). The van der Waals surface area contributed by atoms with Crippen LogP contribution in [0.5, 0.6) is 11.5 Å². The van der Waals surface area contributed by atoms with E-state index in [0.717, 1.165) is 46.4 Å². The van der Waals surface area contributed by atoms with Crippen molar-refractivity contribution in [2.24, 2.45) is 5.92 Å². The number of likely N-dealkylation sites (tertiary alicyclic amines) is 1. The number of nitrogens with two attached hydrogens (primary N) is 1. The van der Waals surface area contributed by atoms with Gasteiger partial charge in [0.2, 0.25) is 24.1 Å². The number of nitrogens with zero attached hydrogens (tertiary/aromatic N) is 4. The predicted molar refractivity (Wildman–Crippen MR) is 148 cm³/mol. The second kappa shape index (κ2) is 11.3. The fourth-order valence-electron chi connectivity index (χ4n) is 4.87. The SMILES string of the molecule is Nc1nc[n+](CCC2CCCN(C(=O)OCc3ccccc3)C2)c2nc(Sc3cc4c(cc3Br)OCO4)[nH]c12. The molecule has 202 valence electrons. The number of fused-ring (bicyclic) bond motifs is 2. The minimum Gasteiger partial charge on any atom is -0.454 e. The van der Waals surface area contributed by atoms with E-state index in [1.165, 1.54) is 11.8 Å². The number of aryl methyl sites for hydroxylation is 1. The number of carbonyl (C=O) groups is 1. The molecule has 12 heteroatoms. The third-order valence-corrected chi connectivity index (χ3v) is 8.78. The van der Waals surface area contributed by atoms with Gasteiger partial charge in [-0.1, -0.05) is 40.3 Å². The minimum absolute atomic E-state index is 0.219. The van der Waals surface area contributed by atoms with Gasteiger partial charge in [0.15, 0.2) is 17.0 Å². The number of rotatable bonds is 7. The first-order valence-corrected chi connectivity index (χ1v) is 14.4. The van der Waals surface area contributed by atoms with Crippen LogP contribution in [0, 0.1) is 5.92 Å². The van der Waals surface area contributed by atoms with Crippen LogP contribution >= 0.6 is 27.7 Å². The molecule has 1 saturated heterocycles. The number of imidazole rings is 1. The van der Waals surface area contributed by atoms with Crippen LogP contribution in [0.15, 0.2) is 63.3 Å². The van der Waals surface area contributed by atoms with E-state index in [9.17, 15) is 4.79 Å². The topological polar surface area (TPSA) is 119 Å². The standard InChI is InChI=1S/C27H27BrN6O4S/c28-19-11-20-21(38-16-37-20)12-22(19)39-26-31-23-24(29)30-15-34(25(23)32-26)10-8-17-7-4-9-33(13-17)27(35)36-14-18-5-2-1-3-6-18/h1-3,5-6,11-12,15,17H,4,7-10,13-14,16H2,(H2,29,31,32)/p+1. The molecule has 0 saturated carbocycles. The molecular formula is C27H28BrN6O4S+. The molecule has 2 aliphatic rings. The molecule has 0 aliphatic carbocycles. The maximum absolute atomic E-state index is 12.7. The van der Waals surface area contributed by atoms with E-state index in [2.05, 4.69) is 25.9 Å². The number of hydrogen-bond acceptors (Lipinski definition) is 8. The van der Waals surface area contributed by atoms with Crippen molar-refractivity contribution >= 4 is 50.8 Å². The molecule has 2 aromatic heterocycles. The van der Waals surface area contributed by atoms with E-state index in [4.69, 9.17) is 24.9 Å². The zero-order valence-electron chi connectivity index (χ0n) is 21.1. The molecule has 39 heavy (non-hydrogen) atoms. The molecule has 10 nitrogen and oxygen atoms in total. The highest BCUT2D eigenvalue weighted by molar-refractivity contribution is 9.10. The van der Waals surface area contributed by atoms with Crippen LogP contribution in [-0.4, -0.2) is 45.8 Å². The summed E-state index contributed by atoms with van der Waals surface area (Å²) in [7, 11) is 0. The molecule has 1 amide bonds. The van der Waals surface area contributed by atoms with Gasteiger partial charge < -0.3 is 29.8 Å². The summed E-state index contributed by atoms with van der Waals surface area (Å²) in [5.41, 5.74) is 8.62. The Balaban J connectivity index is 1.11. The fourth-order valence-corrected chi connectivity index (χ4v) is 6.25. The molecule has 4 heterocycles. The van der Waals surface area contributed by atoms with Crippen molar-refractivity contribution < 1.29 is 23.6 Å². The molecule has 1 atom stereocenters.